The van der Waals surface area contributed by atoms with Crippen molar-refractivity contribution in [3.05, 3.63) is 70.7 Å². The highest BCUT2D eigenvalue weighted by molar-refractivity contribution is 7.98. The van der Waals surface area contributed by atoms with Gasteiger partial charge in [-0.25, -0.2) is 4.98 Å². The van der Waals surface area contributed by atoms with Crippen LogP contribution < -0.4 is 0 Å². The zero-order valence-corrected chi connectivity index (χ0v) is 17.1. The number of hydrogen-bond donors (Lipinski definition) is 0. The van der Waals surface area contributed by atoms with Crippen LogP contribution in [0, 0.1) is 13.8 Å². The van der Waals surface area contributed by atoms with Crippen molar-refractivity contribution in [1.82, 2.24) is 19.7 Å². The molecule has 2 aromatic carbocycles. The van der Waals surface area contributed by atoms with Gasteiger partial charge in [0.25, 0.3) is 0 Å². The lowest BCUT2D eigenvalue weighted by Crippen LogP contribution is -1.96. The highest BCUT2D eigenvalue weighted by Crippen LogP contribution is 2.29. The largest absolute Gasteiger partial charge is 0.305 e. The average Bonchev–Trinajstić information content (AvgIpc) is 3.28. The van der Waals surface area contributed by atoms with E-state index in [1.54, 1.807) is 23.1 Å². The second-order valence-electron chi connectivity index (χ2n) is 6.48. The van der Waals surface area contributed by atoms with E-state index in [0.29, 0.717) is 0 Å². The molecule has 0 saturated carbocycles. The molecule has 0 aliphatic rings. The van der Waals surface area contributed by atoms with E-state index in [4.69, 9.17) is 4.98 Å². The van der Waals surface area contributed by atoms with Crippen LogP contribution in [0.1, 0.15) is 16.8 Å². The summed E-state index contributed by atoms with van der Waals surface area (Å²) in [5, 5.41) is 12.9. The van der Waals surface area contributed by atoms with Crippen LogP contribution in [0.2, 0.25) is 0 Å². The van der Waals surface area contributed by atoms with Gasteiger partial charge in [-0.15, -0.1) is 21.5 Å². The van der Waals surface area contributed by atoms with Gasteiger partial charge in [-0.3, -0.25) is 0 Å². The summed E-state index contributed by atoms with van der Waals surface area (Å²) >= 11 is 3.35. The molecule has 0 amide bonds. The fourth-order valence-corrected chi connectivity index (χ4v) is 4.57. The quantitative estimate of drug-likeness (QED) is 0.420. The van der Waals surface area contributed by atoms with Crippen molar-refractivity contribution in [3.8, 4) is 22.0 Å². The smallest absolute Gasteiger partial charge is 0.191 e. The Labute approximate surface area is 167 Å². The minimum absolute atomic E-state index is 0.780. The fourth-order valence-electron chi connectivity index (χ4n) is 2.84. The van der Waals surface area contributed by atoms with E-state index >= 15 is 0 Å². The van der Waals surface area contributed by atoms with Crippen LogP contribution in [0.15, 0.2) is 59.1 Å². The molecule has 0 spiro atoms. The molecule has 4 rings (SSSR count). The highest BCUT2D eigenvalue weighted by atomic mass is 32.2. The third-order valence-electron chi connectivity index (χ3n) is 4.42. The van der Waals surface area contributed by atoms with Crippen LogP contribution in [0.4, 0.5) is 0 Å². The summed E-state index contributed by atoms with van der Waals surface area (Å²) in [6.07, 6.45) is 0. The van der Waals surface area contributed by atoms with E-state index in [1.807, 2.05) is 19.2 Å². The Bertz CT molecular complexity index is 1060. The molecule has 0 aliphatic heterocycles. The summed E-state index contributed by atoms with van der Waals surface area (Å²) in [4.78, 5) is 4.77. The second-order valence-corrected chi connectivity index (χ2v) is 8.28. The summed E-state index contributed by atoms with van der Waals surface area (Å²) in [7, 11) is 2.02. The molecule has 4 nitrogen and oxygen atoms in total. The Morgan fingerprint density at radius 3 is 2.56 bits per heavy atom. The van der Waals surface area contributed by atoms with Gasteiger partial charge < -0.3 is 4.57 Å². The molecule has 4 aromatic rings. The Kier molecular flexibility index (Phi) is 5.09. The maximum atomic E-state index is 4.77. The maximum absolute atomic E-state index is 4.77. The van der Waals surface area contributed by atoms with Gasteiger partial charge in [0.05, 0.1) is 5.69 Å². The summed E-state index contributed by atoms with van der Waals surface area (Å²) in [6, 6.07) is 16.8. The van der Waals surface area contributed by atoms with Gasteiger partial charge in [0.2, 0.25) is 0 Å². The zero-order valence-electron chi connectivity index (χ0n) is 15.5. The molecule has 2 aromatic heterocycles. The number of thiazole rings is 1. The molecule has 0 unspecified atom stereocenters. The average molecular weight is 393 g/mol. The molecule has 136 valence electrons. The van der Waals surface area contributed by atoms with Gasteiger partial charge in [0, 0.05) is 29.3 Å². The summed E-state index contributed by atoms with van der Waals surface area (Å²) < 4.78 is 2.06. The topological polar surface area (TPSA) is 43.6 Å². The standard InChI is InChI=1S/C21H20N4S2/c1-14-8-10-16(11-9-14)20-22-17(12-26-20)13-27-21-24-23-19(25(21)3)18-7-5-4-6-15(18)2/h4-12H,13H2,1-3H3. The van der Waals surface area contributed by atoms with Crippen LogP contribution in [0.25, 0.3) is 22.0 Å². The lowest BCUT2D eigenvalue weighted by atomic mass is 10.1. The van der Waals surface area contributed by atoms with Crippen molar-refractivity contribution in [2.45, 2.75) is 24.8 Å². The number of thioether (sulfide) groups is 1. The first-order valence-corrected chi connectivity index (χ1v) is 10.6. The predicted octanol–water partition coefficient (Wildman–Crippen LogP) is 5.51. The molecule has 0 radical (unpaired) electrons. The number of benzene rings is 2. The van der Waals surface area contributed by atoms with Crippen LogP contribution in [-0.4, -0.2) is 19.7 Å². The van der Waals surface area contributed by atoms with Crippen LogP contribution in [0.3, 0.4) is 0 Å². The van der Waals surface area contributed by atoms with Crippen molar-refractivity contribution in [2.24, 2.45) is 7.05 Å². The first-order valence-electron chi connectivity index (χ1n) is 8.71. The molecule has 0 fully saturated rings. The Balaban J connectivity index is 1.49. The van der Waals surface area contributed by atoms with Crippen molar-refractivity contribution in [2.75, 3.05) is 0 Å². The van der Waals surface area contributed by atoms with Crippen molar-refractivity contribution in [1.29, 1.82) is 0 Å². The Morgan fingerprint density at radius 1 is 1.00 bits per heavy atom. The first kappa shape index (κ1) is 17.9. The summed E-state index contributed by atoms with van der Waals surface area (Å²) in [6.45, 7) is 4.19. The van der Waals surface area contributed by atoms with E-state index < -0.39 is 0 Å². The van der Waals surface area contributed by atoms with Gasteiger partial charge in [0.1, 0.15) is 5.01 Å². The molecule has 0 atom stereocenters. The highest BCUT2D eigenvalue weighted by Gasteiger charge is 2.13. The van der Waals surface area contributed by atoms with Gasteiger partial charge in [-0.2, -0.15) is 0 Å². The van der Waals surface area contributed by atoms with E-state index in [2.05, 4.69) is 70.4 Å². The molecule has 0 bridgehead atoms. The number of rotatable bonds is 5. The number of aromatic nitrogens is 4. The summed E-state index contributed by atoms with van der Waals surface area (Å²) in [5.74, 6) is 1.68. The predicted molar refractivity (Wildman–Crippen MR) is 113 cm³/mol. The van der Waals surface area contributed by atoms with E-state index in [-0.39, 0.29) is 0 Å². The third kappa shape index (κ3) is 3.82. The molecular formula is C21H20N4S2. The number of hydrogen-bond acceptors (Lipinski definition) is 5. The third-order valence-corrected chi connectivity index (χ3v) is 6.41. The van der Waals surface area contributed by atoms with E-state index in [0.717, 1.165) is 33.0 Å². The van der Waals surface area contributed by atoms with Crippen molar-refractivity contribution in [3.63, 3.8) is 0 Å². The first-order chi connectivity index (χ1) is 13.1. The molecular weight excluding hydrogens is 372 g/mol. The van der Waals surface area contributed by atoms with Crippen molar-refractivity contribution >= 4 is 23.1 Å². The Morgan fingerprint density at radius 2 is 1.78 bits per heavy atom. The summed E-state index contributed by atoms with van der Waals surface area (Å²) in [5.41, 5.74) is 5.82. The van der Waals surface area contributed by atoms with Crippen LogP contribution in [0.5, 0.6) is 0 Å². The van der Waals surface area contributed by atoms with Gasteiger partial charge in [0.15, 0.2) is 11.0 Å². The second kappa shape index (κ2) is 7.66. The minimum atomic E-state index is 0.780. The SMILES string of the molecule is Cc1ccc(-c2nc(CSc3nnc(-c4ccccc4C)n3C)cs2)cc1. The maximum Gasteiger partial charge on any atom is 0.191 e. The molecule has 0 saturated heterocycles. The lowest BCUT2D eigenvalue weighted by molar-refractivity contribution is 0.793. The van der Waals surface area contributed by atoms with Crippen LogP contribution >= 0.6 is 23.1 Å². The Hall–Kier alpha value is -2.44. The molecule has 6 heteroatoms. The molecule has 0 aliphatic carbocycles. The molecule has 27 heavy (non-hydrogen) atoms. The molecule has 2 heterocycles. The van der Waals surface area contributed by atoms with Crippen LogP contribution in [-0.2, 0) is 12.8 Å². The fraction of sp³-hybridized carbons (Fsp3) is 0.190. The van der Waals surface area contributed by atoms with Crippen molar-refractivity contribution < 1.29 is 0 Å². The van der Waals surface area contributed by atoms with Gasteiger partial charge in [-0.05, 0) is 19.4 Å². The van der Waals surface area contributed by atoms with Gasteiger partial charge >= 0.3 is 0 Å². The van der Waals surface area contributed by atoms with E-state index in [9.17, 15) is 0 Å². The zero-order chi connectivity index (χ0) is 18.8. The lowest BCUT2D eigenvalue weighted by Gasteiger charge is -2.05. The monoisotopic (exact) mass is 392 g/mol. The number of aryl methyl sites for hydroxylation is 2. The normalized spacial score (nSPS) is 11.1. The van der Waals surface area contributed by atoms with E-state index in [1.165, 1.54) is 16.7 Å². The molecule has 0 N–H and O–H groups in total. The van der Waals surface area contributed by atoms with Gasteiger partial charge in [-0.1, -0.05) is 65.9 Å². The number of nitrogens with zero attached hydrogens (tertiary/aromatic N) is 4. The minimum Gasteiger partial charge on any atom is -0.305 e.